The Bertz CT molecular complexity index is 187. The van der Waals surface area contributed by atoms with Gasteiger partial charge in [0.05, 0.1) is 7.11 Å². The first-order valence-corrected chi connectivity index (χ1v) is 4.60. The lowest BCUT2D eigenvalue weighted by Crippen LogP contribution is -2.14. The topological polar surface area (TPSA) is 72.8 Å². The molecule has 0 radical (unpaired) electrons. The Balaban J connectivity index is 0.000000364. The van der Waals surface area contributed by atoms with Crippen LogP contribution in [0.15, 0.2) is 5.18 Å². The van der Waals surface area contributed by atoms with Crippen molar-refractivity contribution in [3.05, 3.63) is 4.91 Å². The van der Waals surface area contributed by atoms with Crippen molar-refractivity contribution >= 4 is 12.4 Å². The van der Waals surface area contributed by atoms with Crippen molar-refractivity contribution in [1.29, 1.82) is 0 Å². The summed E-state index contributed by atoms with van der Waals surface area (Å²) in [5, 5.41) is 2.42. The third-order valence-electron chi connectivity index (χ3n) is 2.14. The molecule has 0 atom stereocenters. The third-order valence-corrected chi connectivity index (χ3v) is 2.14. The number of rotatable bonds is 2. The van der Waals surface area contributed by atoms with Gasteiger partial charge in [0.2, 0.25) is 0 Å². The van der Waals surface area contributed by atoms with Gasteiger partial charge in [-0.25, -0.2) is 0 Å². The summed E-state index contributed by atoms with van der Waals surface area (Å²) in [4.78, 5) is 29.4. The van der Waals surface area contributed by atoms with Gasteiger partial charge < -0.3 is 4.74 Å². The second kappa shape index (κ2) is 8.34. The number of methoxy groups -OCH3 is 1. The fourth-order valence-electron chi connectivity index (χ4n) is 1.42. The number of hydrogen-bond donors (Lipinski definition) is 0. The number of hydrogen-bond acceptors (Lipinski definition) is 4. The third kappa shape index (κ3) is 5.40. The normalized spacial score (nSPS) is 16.1. The van der Waals surface area contributed by atoms with Crippen molar-refractivity contribution in [1.82, 2.24) is 0 Å². The van der Waals surface area contributed by atoms with Gasteiger partial charge in [0.1, 0.15) is 0 Å². The predicted octanol–water partition coefficient (Wildman–Crippen LogP) is 1.65. The Hall–Kier alpha value is -1.26. The van der Waals surface area contributed by atoms with Gasteiger partial charge in [0.25, 0.3) is 12.4 Å². The van der Waals surface area contributed by atoms with E-state index in [2.05, 4.69) is 9.91 Å². The van der Waals surface area contributed by atoms with E-state index < -0.39 is 5.91 Å². The van der Waals surface area contributed by atoms with Crippen molar-refractivity contribution in [3.8, 4) is 0 Å². The van der Waals surface area contributed by atoms with Gasteiger partial charge in [-0.15, -0.1) is 4.91 Å². The number of nitroso groups, excluding NO2 is 1. The van der Waals surface area contributed by atoms with Crippen LogP contribution in [0.25, 0.3) is 0 Å². The summed E-state index contributed by atoms with van der Waals surface area (Å²) in [5.74, 6) is -0.494. The molecule has 1 aliphatic rings. The van der Waals surface area contributed by atoms with Gasteiger partial charge in [0.15, 0.2) is 0 Å². The zero-order valence-electron chi connectivity index (χ0n) is 8.27. The number of amides is 1. The summed E-state index contributed by atoms with van der Waals surface area (Å²) in [7, 11) is 1.31. The fourth-order valence-corrected chi connectivity index (χ4v) is 1.42. The first kappa shape index (κ1) is 12.7. The summed E-state index contributed by atoms with van der Waals surface area (Å²) in [6.45, 7) is 0.375. The van der Waals surface area contributed by atoms with E-state index >= 15 is 0 Å². The van der Waals surface area contributed by atoms with Gasteiger partial charge in [0, 0.05) is 11.1 Å². The summed E-state index contributed by atoms with van der Waals surface area (Å²) in [6.07, 6.45) is 5.08. The SMILES string of the molecule is COC=O.O=NC(=O)C1CCCCC1. The van der Waals surface area contributed by atoms with Crippen LogP contribution in [0.2, 0.25) is 0 Å². The summed E-state index contributed by atoms with van der Waals surface area (Å²) in [6, 6.07) is 0. The van der Waals surface area contributed by atoms with E-state index in [9.17, 15) is 9.70 Å². The molecule has 1 amide bonds. The molecule has 0 saturated heterocycles. The minimum atomic E-state index is -0.445. The molecule has 14 heavy (non-hydrogen) atoms. The van der Waals surface area contributed by atoms with Crippen molar-refractivity contribution in [3.63, 3.8) is 0 Å². The lowest BCUT2D eigenvalue weighted by molar-refractivity contribution is -0.126. The molecular weight excluding hydrogens is 186 g/mol. The molecule has 0 aromatic rings. The highest BCUT2D eigenvalue weighted by atomic mass is 16.5. The van der Waals surface area contributed by atoms with Gasteiger partial charge >= 0.3 is 0 Å². The van der Waals surface area contributed by atoms with Crippen LogP contribution in [-0.2, 0) is 14.3 Å². The molecule has 0 aromatic carbocycles. The van der Waals surface area contributed by atoms with Crippen molar-refractivity contribution < 1.29 is 14.3 Å². The molecule has 1 rings (SSSR count). The molecule has 0 heterocycles. The summed E-state index contributed by atoms with van der Waals surface area (Å²) < 4.78 is 3.86. The van der Waals surface area contributed by atoms with E-state index in [0.29, 0.717) is 6.47 Å². The molecule has 5 heteroatoms. The van der Waals surface area contributed by atoms with Crippen molar-refractivity contribution in [2.75, 3.05) is 7.11 Å². The molecule has 0 aromatic heterocycles. The molecule has 0 bridgehead atoms. The van der Waals surface area contributed by atoms with Gasteiger partial charge in [-0.2, -0.15) is 0 Å². The largest absolute Gasteiger partial charge is 0.471 e. The van der Waals surface area contributed by atoms with E-state index in [0.717, 1.165) is 25.7 Å². The van der Waals surface area contributed by atoms with Crippen molar-refractivity contribution in [2.24, 2.45) is 11.1 Å². The monoisotopic (exact) mass is 201 g/mol. The van der Waals surface area contributed by atoms with E-state index in [1.807, 2.05) is 0 Å². The zero-order valence-corrected chi connectivity index (χ0v) is 8.27. The Morgan fingerprint density at radius 1 is 1.36 bits per heavy atom. The van der Waals surface area contributed by atoms with Crippen molar-refractivity contribution in [2.45, 2.75) is 32.1 Å². The van der Waals surface area contributed by atoms with Crippen LogP contribution in [0.5, 0.6) is 0 Å². The number of carbonyl (C=O) groups is 2. The molecule has 0 aliphatic heterocycles. The highest BCUT2D eigenvalue weighted by Gasteiger charge is 2.21. The van der Waals surface area contributed by atoms with Gasteiger partial charge in [-0.3, -0.25) is 9.59 Å². The van der Waals surface area contributed by atoms with E-state index in [4.69, 9.17) is 4.79 Å². The average Bonchev–Trinajstić information content (AvgIpc) is 2.29. The molecule has 80 valence electrons. The maximum Gasteiger partial charge on any atom is 0.292 e. The number of ether oxygens (including phenoxy) is 1. The van der Waals surface area contributed by atoms with Crippen LogP contribution in [0.1, 0.15) is 32.1 Å². The molecule has 1 aliphatic carbocycles. The van der Waals surface area contributed by atoms with Gasteiger partial charge in [-0.1, -0.05) is 19.3 Å². The molecular formula is C9H15NO4. The minimum absolute atomic E-state index is 0.0498. The Kier molecular flexibility index (Phi) is 7.59. The number of carbonyl (C=O) groups excluding carboxylic acids is 2. The van der Waals surface area contributed by atoms with E-state index in [-0.39, 0.29) is 5.92 Å². The lowest BCUT2D eigenvalue weighted by Gasteiger charge is -2.16. The van der Waals surface area contributed by atoms with Crippen LogP contribution < -0.4 is 0 Å². The molecule has 5 nitrogen and oxygen atoms in total. The smallest absolute Gasteiger partial charge is 0.292 e. The standard InChI is InChI=1S/C7H11NO2.C2H4O2/c9-7(8-10)6-4-2-1-3-5-6;1-4-2-3/h6H,1-5H2;2H,1H3. The highest BCUT2D eigenvalue weighted by Crippen LogP contribution is 2.24. The van der Waals surface area contributed by atoms with E-state index in [1.165, 1.54) is 13.5 Å². The van der Waals surface area contributed by atoms with Crippen LogP contribution in [0.4, 0.5) is 0 Å². The number of nitrogens with zero attached hydrogens (tertiary/aromatic N) is 1. The Morgan fingerprint density at radius 2 is 1.86 bits per heavy atom. The maximum atomic E-state index is 10.7. The Labute approximate surface area is 82.8 Å². The fraction of sp³-hybridized carbons (Fsp3) is 0.778. The molecule has 0 N–H and O–H groups in total. The highest BCUT2D eigenvalue weighted by molar-refractivity contribution is 5.79. The van der Waals surface area contributed by atoms with Crippen LogP contribution >= 0.6 is 0 Å². The second-order valence-electron chi connectivity index (χ2n) is 3.10. The molecule has 0 unspecified atom stereocenters. The molecule has 1 fully saturated rings. The second-order valence-corrected chi connectivity index (χ2v) is 3.10. The predicted molar refractivity (Wildman–Crippen MR) is 50.5 cm³/mol. The molecule has 0 spiro atoms. The lowest BCUT2D eigenvalue weighted by atomic mass is 9.89. The Morgan fingerprint density at radius 3 is 2.21 bits per heavy atom. The minimum Gasteiger partial charge on any atom is -0.471 e. The first-order valence-electron chi connectivity index (χ1n) is 4.60. The first-order chi connectivity index (χ1) is 6.76. The van der Waals surface area contributed by atoms with Crippen LogP contribution in [0.3, 0.4) is 0 Å². The van der Waals surface area contributed by atoms with E-state index in [1.54, 1.807) is 0 Å². The molecule has 1 saturated carbocycles. The van der Waals surface area contributed by atoms with Gasteiger partial charge in [-0.05, 0) is 12.8 Å². The maximum absolute atomic E-state index is 10.7. The average molecular weight is 201 g/mol. The zero-order chi connectivity index (χ0) is 10.8. The van der Waals surface area contributed by atoms with Crippen LogP contribution in [-0.4, -0.2) is 19.5 Å². The quantitative estimate of drug-likeness (QED) is 0.503. The van der Waals surface area contributed by atoms with Crippen LogP contribution in [0, 0.1) is 10.8 Å². The summed E-state index contributed by atoms with van der Waals surface area (Å²) >= 11 is 0. The summed E-state index contributed by atoms with van der Waals surface area (Å²) in [5.41, 5.74) is 0.